The molecule has 4 N–H and O–H groups in total. The van der Waals surface area contributed by atoms with Gasteiger partial charge in [0.15, 0.2) is 0 Å². The number of nitrogens with zero attached hydrogens (tertiary/aromatic N) is 5. The van der Waals surface area contributed by atoms with E-state index in [2.05, 4.69) is 79.2 Å². The van der Waals surface area contributed by atoms with Gasteiger partial charge in [-0.1, -0.05) is 12.3 Å². The summed E-state index contributed by atoms with van der Waals surface area (Å²) >= 11 is 0. The summed E-state index contributed by atoms with van der Waals surface area (Å²) in [6, 6.07) is 8.62. The van der Waals surface area contributed by atoms with Crippen LogP contribution in [0.3, 0.4) is 0 Å². The summed E-state index contributed by atoms with van der Waals surface area (Å²) in [7, 11) is 2.17. The molecule has 0 spiro atoms. The lowest BCUT2D eigenvalue weighted by molar-refractivity contribution is -0.176. The van der Waals surface area contributed by atoms with Gasteiger partial charge in [0.1, 0.15) is 19.1 Å². The van der Waals surface area contributed by atoms with Gasteiger partial charge in [-0.2, -0.15) is 5.01 Å². The first-order valence-corrected chi connectivity index (χ1v) is 16.1. The number of morpholine rings is 1. The third-order valence-electron chi connectivity index (χ3n) is 9.83. The molecule has 12 heteroatoms. The predicted octanol–water partition coefficient (Wildman–Crippen LogP) is 0.169. The minimum absolute atomic E-state index is 0.0339. The van der Waals surface area contributed by atoms with Gasteiger partial charge in [-0.15, -0.1) is 5.92 Å². The lowest BCUT2D eigenvalue weighted by atomic mass is 9.99. The first-order valence-electron chi connectivity index (χ1n) is 16.1. The van der Waals surface area contributed by atoms with Crippen molar-refractivity contribution in [3.05, 3.63) is 24.3 Å². The van der Waals surface area contributed by atoms with Gasteiger partial charge in [-0.05, 0) is 57.0 Å². The van der Waals surface area contributed by atoms with E-state index in [-0.39, 0.29) is 55.2 Å². The zero-order valence-corrected chi connectivity index (χ0v) is 25.1. The predicted molar refractivity (Wildman–Crippen MR) is 163 cm³/mol. The molecule has 5 fully saturated rings. The maximum atomic E-state index is 13.8. The van der Waals surface area contributed by atoms with Crippen molar-refractivity contribution in [2.45, 2.75) is 69.4 Å². The largest absolute Gasteiger partial charge is 0.369 e. The van der Waals surface area contributed by atoms with Crippen LogP contribution in [-0.2, 0) is 14.3 Å². The van der Waals surface area contributed by atoms with Gasteiger partial charge in [-0.3, -0.25) is 30.5 Å². The number of nitrogens with one attached hydrogen (secondary N) is 4. The summed E-state index contributed by atoms with van der Waals surface area (Å²) in [5.74, 6) is 6.45. The fourth-order valence-electron chi connectivity index (χ4n) is 7.37. The van der Waals surface area contributed by atoms with E-state index in [9.17, 15) is 9.59 Å². The molecule has 0 aliphatic carbocycles. The molecule has 6 atom stereocenters. The van der Waals surface area contributed by atoms with E-state index in [1.54, 1.807) is 0 Å². The number of carbonyl (C=O) groups is 2. The van der Waals surface area contributed by atoms with Gasteiger partial charge in [0.2, 0.25) is 11.8 Å². The number of hydrogen-bond donors (Lipinski definition) is 4. The number of likely N-dealkylation sites (N-methyl/N-ethyl adjacent to an activating group) is 1. The Balaban J connectivity index is 1.08. The quantitative estimate of drug-likeness (QED) is 0.364. The van der Waals surface area contributed by atoms with Crippen molar-refractivity contribution in [1.82, 2.24) is 35.8 Å². The molecular weight excluding hydrogens is 546 g/mol. The van der Waals surface area contributed by atoms with Gasteiger partial charge in [0.05, 0.1) is 30.9 Å². The van der Waals surface area contributed by atoms with Crippen molar-refractivity contribution >= 4 is 23.2 Å². The third-order valence-corrected chi connectivity index (χ3v) is 9.83. The minimum atomic E-state index is -0.241. The molecule has 6 aliphatic rings. The zero-order chi connectivity index (χ0) is 29.3. The second kappa shape index (κ2) is 12.6. The highest BCUT2D eigenvalue weighted by atomic mass is 16.5. The number of carbonyl (C=O) groups excluding carboxylic acids is 2. The molecule has 0 radical (unpaired) electrons. The lowest BCUT2D eigenvalue weighted by Gasteiger charge is -2.50. The number of piperazine rings is 1. The number of benzene rings is 1. The number of rotatable bonds is 3. The summed E-state index contributed by atoms with van der Waals surface area (Å²) in [6.45, 7) is 6.02. The summed E-state index contributed by atoms with van der Waals surface area (Å²) in [6.07, 6.45) is 4.64. The van der Waals surface area contributed by atoms with Crippen LogP contribution in [0, 0.1) is 17.8 Å². The third kappa shape index (κ3) is 5.94. The van der Waals surface area contributed by atoms with Crippen molar-refractivity contribution in [2.24, 2.45) is 5.92 Å². The Labute approximate surface area is 254 Å². The molecule has 0 aromatic heterocycles. The number of hydrazine groups is 1. The van der Waals surface area contributed by atoms with Gasteiger partial charge < -0.3 is 24.8 Å². The van der Waals surface area contributed by atoms with E-state index in [0.29, 0.717) is 19.6 Å². The molecule has 232 valence electrons. The molecule has 6 aliphatic heterocycles. The Bertz CT molecular complexity index is 1230. The molecular formula is C31H45N9O3. The van der Waals surface area contributed by atoms with E-state index in [1.165, 1.54) is 5.69 Å². The topological polar surface area (TPSA) is 108 Å². The number of fused-ring (bicyclic) bond motifs is 5. The molecule has 43 heavy (non-hydrogen) atoms. The van der Waals surface area contributed by atoms with Crippen LogP contribution in [0.2, 0.25) is 0 Å². The van der Waals surface area contributed by atoms with Crippen LogP contribution in [0.15, 0.2) is 24.3 Å². The molecule has 12 nitrogen and oxygen atoms in total. The van der Waals surface area contributed by atoms with Gasteiger partial charge in [0, 0.05) is 57.1 Å². The second-order valence-electron chi connectivity index (χ2n) is 12.6. The molecule has 6 unspecified atom stereocenters. The van der Waals surface area contributed by atoms with Crippen LogP contribution in [0.25, 0.3) is 0 Å². The number of hydrogen-bond acceptors (Lipinski definition) is 10. The Hall–Kier alpha value is -2.92. The van der Waals surface area contributed by atoms with Gasteiger partial charge in [-0.25, -0.2) is 0 Å². The number of piperidine rings is 1. The van der Waals surface area contributed by atoms with Crippen LogP contribution in [0.4, 0.5) is 11.4 Å². The number of amides is 2. The van der Waals surface area contributed by atoms with Crippen molar-refractivity contribution in [3.63, 3.8) is 0 Å². The summed E-state index contributed by atoms with van der Waals surface area (Å²) < 4.78 is 5.97. The minimum Gasteiger partial charge on any atom is -0.369 e. The fraction of sp³-hybridized carbons (Fsp3) is 0.677. The van der Waals surface area contributed by atoms with E-state index < -0.39 is 0 Å². The van der Waals surface area contributed by atoms with E-state index >= 15 is 0 Å². The Morgan fingerprint density at radius 3 is 2.60 bits per heavy atom. The molecule has 0 saturated carbocycles. The van der Waals surface area contributed by atoms with Crippen LogP contribution in [0.5, 0.6) is 0 Å². The van der Waals surface area contributed by atoms with Gasteiger partial charge >= 0.3 is 0 Å². The Morgan fingerprint density at radius 1 is 0.930 bits per heavy atom. The summed E-state index contributed by atoms with van der Waals surface area (Å²) in [5.41, 5.74) is 2.26. The van der Waals surface area contributed by atoms with Crippen LogP contribution in [-0.4, -0.2) is 122 Å². The van der Waals surface area contributed by atoms with Crippen molar-refractivity contribution in [2.75, 3.05) is 69.7 Å². The van der Waals surface area contributed by atoms with E-state index in [1.807, 2.05) is 9.91 Å². The van der Waals surface area contributed by atoms with Crippen molar-refractivity contribution in [1.29, 1.82) is 0 Å². The first-order chi connectivity index (χ1) is 21.0. The number of anilines is 2. The average Bonchev–Trinajstić information content (AvgIpc) is 3.30. The second-order valence-corrected chi connectivity index (χ2v) is 12.6. The summed E-state index contributed by atoms with van der Waals surface area (Å²) in [5, 5.41) is 18.6. The van der Waals surface area contributed by atoms with E-state index in [4.69, 9.17) is 4.74 Å². The average molecular weight is 592 g/mol. The maximum absolute atomic E-state index is 13.8. The first kappa shape index (κ1) is 28.8. The Kier molecular flexibility index (Phi) is 8.44. The molecule has 1 aromatic rings. The molecule has 1 aromatic carbocycles. The highest BCUT2D eigenvalue weighted by molar-refractivity contribution is 5.82. The summed E-state index contributed by atoms with van der Waals surface area (Å²) in [4.78, 5) is 33.5. The molecule has 5 saturated heterocycles. The normalized spacial score (nSPS) is 34.1. The van der Waals surface area contributed by atoms with Crippen molar-refractivity contribution < 1.29 is 14.3 Å². The van der Waals surface area contributed by atoms with Crippen LogP contribution < -0.4 is 26.2 Å². The zero-order valence-electron chi connectivity index (χ0n) is 25.1. The molecule has 2 bridgehead atoms. The molecule has 2 amide bonds. The lowest BCUT2D eigenvalue weighted by Crippen LogP contribution is -2.72. The maximum Gasteiger partial charge on any atom is 0.249 e. The van der Waals surface area contributed by atoms with Crippen molar-refractivity contribution in [3.8, 4) is 11.8 Å². The van der Waals surface area contributed by atoms with Crippen LogP contribution >= 0.6 is 0 Å². The molecule has 7 rings (SSSR count). The number of ether oxygens (including phenoxy) is 1. The monoisotopic (exact) mass is 591 g/mol. The van der Waals surface area contributed by atoms with E-state index in [0.717, 1.165) is 70.4 Å². The molecule has 6 heterocycles. The van der Waals surface area contributed by atoms with Gasteiger partial charge in [0.25, 0.3) is 0 Å². The highest BCUT2D eigenvalue weighted by Gasteiger charge is 2.53. The fourth-order valence-corrected chi connectivity index (χ4v) is 7.37. The highest BCUT2D eigenvalue weighted by Crippen LogP contribution is 2.33. The van der Waals surface area contributed by atoms with Crippen LogP contribution in [0.1, 0.15) is 38.5 Å². The Morgan fingerprint density at radius 2 is 1.77 bits per heavy atom. The smallest absolute Gasteiger partial charge is 0.249 e. The standard InChI is InChI=1S/C31H45N9O3/c1-36-16-18-37(19-17-36)23-10-8-22(9-11-23)33-31-32-20-24-28(35-31)40-26-13-12-25-29(34-26)38(27(41)21-43-25)14-6-4-2-3-5-7-15-39(40)30(24)42/h8-11,24-26,28-29,31-35H,2-4,6,12-21H2,1H3. The SMILES string of the molecule is CN1CCN(c2ccc(NC3NCC4C(=O)N5CC#CCCCCCN6C(=O)COC7CCC(NC76)N5C4N3)cc2)CC1.